The first-order valence-corrected chi connectivity index (χ1v) is 13.6. The van der Waals surface area contributed by atoms with Crippen LogP contribution in [0.2, 0.25) is 0 Å². The minimum Gasteiger partial charge on any atom is -0.497 e. The fourth-order valence-corrected chi connectivity index (χ4v) is 4.61. The molecule has 32 heavy (non-hydrogen) atoms. The molecule has 3 nitrogen and oxygen atoms in total. The van der Waals surface area contributed by atoms with E-state index in [0.29, 0.717) is 0 Å². The molecule has 0 heterocycles. The van der Waals surface area contributed by atoms with Gasteiger partial charge in [0.25, 0.3) is 0 Å². The van der Waals surface area contributed by atoms with Crippen LogP contribution in [-0.2, 0) is 6.54 Å². The van der Waals surface area contributed by atoms with Gasteiger partial charge in [0.05, 0.1) is 34.9 Å². The Kier molecular flexibility index (Phi) is 16.4. The number of hydrogen-bond donors (Lipinski definition) is 0. The second-order valence-electron chi connectivity index (χ2n) is 10.3. The van der Waals surface area contributed by atoms with Crippen LogP contribution in [0.1, 0.15) is 115 Å². The molecule has 0 aromatic heterocycles. The van der Waals surface area contributed by atoms with Crippen molar-refractivity contribution in [1.29, 1.82) is 0 Å². The summed E-state index contributed by atoms with van der Waals surface area (Å²) < 4.78 is 11.9. The fourth-order valence-electron chi connectivity index (χ4n) is 4.61. The summed E-state index contributed by atoms with van der Waals surface area (Å²) in [6, 6.07) is 6.17. The molecule has 1 rings (SSSR count). The summed E-state index contributed by atoms with van der Waals surface area (Å²) in [6.07, 6.45) is 22.8. The van der Waals surface area contributed by atoms with E-state index >= 15 is 0 Å². The molecule has 1 aromatic carbocycles. The first-order valence-electron chi connectivity index (χ1n) is 13.6. The lowest BCUT2D eigenvalue weighted by Gasteiger charge is -2.30. The topological polar surface area (TPSA) is 18.5 Å². The minimum absolute atomic E-state index is 0.855. The SMILES string of the molecule is CCCCCCCCCCCCCCCCCC[N+](C)(C)Cc1ccc(OC)cc1OC. The number of hydrogen-bond acceptors (Lipinski definition) is 2. The molecule has 0 unspecified atom stereocenters. The van der Waals surface area contributed by atoms with Crippen LogP contribution in [0.15, 0.2) is 18.2 Å². The third kappa shape index (κ3) is 14.0. The van der Waals surface area contributed by atoms with E-state index in [-0.39, 0.29) is 0 Å². The molecule has 186 valence electrons. The van der Waals surface area contributed by atoms with Crippen LogP contribution in [0.4, 0.5) is 0 Å². The highest BCUT2D eigenvalue weighted by Gasteiger charge is 2.18. The number of quaternary nitrogens is 1. The average Bonchev–Trinajstić information content (AvgIpc) is 2.78. The lowest BCUT2D eigenvalue weighted by molar-refractivity contribution is -0.903. The number of ether oxygens (including phenoxy) is 2. The van der Waals surface area contributed by atoms with Gasteiger partial charge in [-0.3, -0.25) is 0 Å². The van der Waals surface area contributed by atoms with Gasteiger partial charge >= 0.3 is 0 Å². The Bertz CT molecular complexity index is 570. The lowest BCUT2D eigenvalue weighted by atomic mass is 10.0. The summed E-state index contributed by atoms with van der Waals surface area (Å²) in [5, 5.41) is 0. The Morgan fingerprint density at radius 3 is 1.53 bits per heavy atom. The maximum Gasteiger partial charge on any atom is 0.131 e. The van der Waals surface area contributed by atoms with E-state index in [1.807, 2.05) is 12.1 Å². The molecule has 0 radical (unpaired) electrons. The van der Waals surface area contributed by atoms with Gasteiger partial charge in [-0.2, -0.15) is 0 Å². The van der Waals surface area contributed by atoms with Crippen molar-refractivity contribution in [2.45, 2.75) is 116 Å². The standard InChI is InChI=1S/C29H54NO2/c1-6-7-8-9-10-11-12-13-14-15-16-17-18-19-20-21-24-30(2,3)26-27-22-23-28(31-4)25-29(27)32-5/h22-23,25H,6-21,24,26H2,1-5H3/q+1. The number of benzene rings is 1. The van der Waals surface area contributed by atoms with Gasteiger partial charge < -0.3 is 14.0 Å². The van der Waals surface area contributed by atoms with Gasteiger partial charge in [0.15, 0.2) is 0 Å². The maximum absolute atomic E-state index is 5.58. The van der Waals surface area contributed by atoms with Crippen molar-refractivity contribution in [2.75, 3.05) is 34.9 Å². The van der Waals surface area contributed by atoms with Gasteiger partial charge in [0, 0.05) is 11.6 Å². The first kappa shape index (κ1) is 28.8. The number of unbranched alkanes of at least 4 members (excludes halogenated alkanes) is 15. The second-order valence-corrected chi connectivity index (χ2v) is 10.3. The Morgan fingerprint density at radius 1 is 0.625 bits per heavy atom. The Morgan fingerprint density at radius 2 is 1.09 bits per heavy atom. The van der Waals surface area contributed by atoms with Crippen LogP contribution in [0.25, 0.3) is 0 Å². The Hall–Kier alpha value is -1.22. The van der Waals surface area contributed by atoms with Gasteiger partial charge in [-0.25, -0.2) is 0 Å². The summed E-state index contributed by atoms with van der Waals surface area (Å²) in [7, 11) is 8.10. The van der Waals surface area contributed by atoms with Crippen molar-refractivity contribution in [2.24, 2.45) is 0 Å². The first-order chi connectivity index (χ1) is 15.5. The van der Waals surface area contributed by atoms with E-state index in [9.17, 15) is 0 Å². The third-order valence-corrected chi connectivity index (χ3v) is 6.71. The van der Waals surface area contributed by atoms with E-state index in [4.69, 9.17) is 9.47 Å². The number of methoxy groups -OCH3 is 2. The average molecular weight is 449 g/mol. The molecule has 0 aliphatic heterocycles. The fraction of sp³-hybridized carbons (Fsp3) is 0.793. The smallest absolute Gasteiger partial charge is 0.131 e. The summed E-state index contributed by atoms with van der Waals surface area (Å²) >= 11 is 0. The molecule has 0 spiro atoms. The highest BCUT2D eigenvalue weighted by Crippen LogP contribution is 2.27. The lowest BCUT2D eigenvalue weighted by Crippen LogP contribution is -2.39. The van der Waals surface area contributed by atoms with Crippen LogP contribution in [0.5, 0.6) is 11.5 Å². The number of nitrogens with zero attached hydrogens (tertiary/aromatic N) is 1. The van der Waals surface area contributed by atoms with Crippen LogP contribution in [0.3, 0.4) is 0 Å². The number of rotatable bonds is 21. The molecule has 0 aliphatic carbocycles. The van der Waals surface area contributed by atoms with Crippen molar-refractivity contribution in [3.8, 4) is 11.5 Å². The zero-order valence-electron chi connectivity index (χ0n) is 22.2. The molecule has 0 aliphatic rings. The van der Waals surface area contributed by atoms with E-state index in [1.54, 1.807) is 14.2 Å². The van der Waals surface area contributed by atoms with Crippen LogP contribution >= 0.6 is 0 Å². The summed E-state index contributed by atoms with van der Waals surface area (Å²) in [5.74, 6) is 1.79. The quantitative estimate of drug-likeness (QED) is 0.138. The molecule has 0 bridgehead atoms. The van der Waals surface area contributed by atoms with E-state index in [2.05, 4.69) is 27.1 Å². The van der Waals surface area contributed by atoms with Crippen molar-refractivity contribution in [1.82, 2.24) is 0 Å². The van der Waals surface area contributed by atoms with Crippen LogP contribution < -0.4 is 9.47 Å². The molecule has 0 amide bonds. The van der Waals surface area contributed by atoms with Gasteiger partial charge in [-0.1, -0.05) is 96.8 Å². The molecule has 0 fully saturated rings. The molecular weight excluding hydrogens is 394 g/mol. The van der Waals surface area contributed by atoms with Crippen LogP contribution in [-0.4, -0.2) is 39.3 Å². The Labute approximate surface area is 200 Å². The molecule has 0 N–H and O–H groups in total. The van der Waals surface area contributed by atoms with E-state index in [0.717, 1.165) is 22.5 Å². The Balaban J connectivity index is 2.00. The zero-order valence-corrected chi connectivity index (χ0v) is 22.2. The van der Waals surface area contributed by atoms with Gasteiger partial charge in [-0.05, 0) is 25.0 Å². The summed E-state index contributed by atoms with van der Waals surface area (Å²) in [6.45, 7) is 4.50. The van der Waals surface area contributed by atoms with Crippen molar-refractivity contribution in [3.63, 3.8) is 0 Å². The van der Waals surface area contributed by atoms with Crippen molar-refractivity contribution < 1.29 is 14.0 Å². The molecule has 0 saturated heterocycles. The van der Waals surface area contributed by atoms with E-state index in [1.165, 1.54) is 115 Å². The monoisotopic (exact) mass is 448 g/mol. The normalized spacial score (nSPS) is 11.7. The van der Waals surface area contributed by atoms with Gasteiger partial charge in [-0.15, -0.1) is 0 Å². The predicted molar refractivity (Wildman–Crippen MR) is 140 cm³/mol. The zero-order chi connectivity index (χ0) is 23.5. The summed E-state index contributed by atoms with van der Waals surface area (Å²) in [5.41, 5.74) is 1.26. The summed E-state index contributed by atoms with van der Waals surface area (Å²) in [4.78, 5) is 0. The molecule has 0 saturated carbocycles. The third-order valence-electron chi connectivity index (χ3n) is 6.71. The highest BCUT2D eigenvalue weighted by molar-refractivity contribution is 5.40. The molecular formula is C29H54NO2+. The highest BCUT2D eigenvalue weighted by atomic mass is 16.5. The van der Waals surface area contributed by atoms with Gasteiger partial charge in [0.2, 0.25) is 0 Å². The molecule has 0 atom stereocenters. The van der Waals surface area contributed by atoms with E-state index < -0.39 is 0 Å². The van der Waals surface area contributed by atoms with Crippen LogP contribution in [0, 0.1) is 0 Å². The van der Waals surface area contributed by atoms with Gasteiger partial charge in [0.1, 0.15) is 18.0 Å². The largest absolute Gasteiger partial charge is 0.497 e. The van der Waals surface area contributed by atoms with Crippen molar-refractivity contribution in [3.05, 3.63) is 23.8 Å². The predicted octanol–water partition coefficient (Wildman–Crippen LogP) is 8.54. The van der Waals surface area contributed by atoms with Crippen molar-refractivity contribution >= 4 is 0 Å². The maximum atomic E-state index is 5.58. The minimum atomic E-state index is 0.855. The molecule has 1 aromatic rings. The second kappa shape index (κ2) is 18.2. The molecule has 3 heteroatoms.